The molecule has 12 atom stereocenters. The van der Waals surface area contributed by atoms with Crippen LogP contribution >= 0.6 is 0 Å². The van der Waals surface area contributed by atoms with Crippen LogP contribution in [0.15, 0.2) is 0 Å². The van der Waals surface area contributed by atoms with Gasteiger partial charge in [0.15, 0.2) is 0 Å². The predicted molar refractivity (Wildman–Crippen MR) is 147 cm³/mol. The highest BCUT2D eigenvalue weighted by molar-refractivity contribution is 5.72. The van der Waals surface area contributed by atoms with Crippen molar-refractivity contribution in [1.82, 2.24) is 0 Å². The molecule has 0 spiro atoms. The van der Waals surface area contributed by atoms with E-state index in [-0.39, 0.29) is 77.4 Å². The summed E-state index contributed by atoms with van der Waals surface area (Å²) in [6, 6.07) is 1.99. The Labute approximate surface area is 235 Å². The van der Waals surface area contributed by atoms with Gasteiger partial charge in [0.1, 0.15) is 12.7 Å². The van der Waals surface area contributed by atoms with Crippen LogP contribution in [0, 0.1) is 63.6 Å². The monoisotopic (exact) mass is 545 g/mol. The Morgan fingerprint density at radius 3 is 2.51 bits per heavy atom. The van der Waals surface area contributed by atoms with E-state index >= 15 is 0 Å². The van der Waals surface area contributed by atoms with Crippen LogP contribution in [0.2, 0.25) is 0 Å². The molecule has 4 fully saturated rings. The third kappa shape index (κ3) is 5.62. The van der Waals surface area contributed by atoms with Gasteiger partial charge in [-0.05, 0) is 104 Å². The molecule has 10 unspecified atom stereocenters. The zero-order chi connectivity index (χ0) is 28.5. The average Bonchev–Trinajstić information content (AvgIpc) is 3.26. The van der Waals surface area contributed by atoms with Crippen LogP contribution in [0.4, 0.5) is 0 Å². The maximum absolute atomic E-state index is 12.5. The van der Waals surface area contributed by atoms with Crippen LogP contribution in [-0.2, 0) is 19.1 Å². The molecule has 0 aromatic carbocycles. The van der Waals surface area contributed by atoms with E-state index in [9.17, 15) is 19.8 Å². The summed E-state index contributed by atoms with van der Waals surface area (Å²) in [6.07, 6.45) is 7.20. The zero-order valence-electron chi connectivity index (χ0n) is 24.7. The first-order valence-electron chi connectivity index (χ1n) is 15.6. The second kappa shape index (κ2) is 12.1. The van der Waals surface area contributed by atoms with Gasteiger partial charge in [0, 0.05) is 6.42 Å². The summed E-state index contributed by atoms with van der Waals surface area (Å²) >= 11 is 0. The number of fused-ring (bicyclic) bond motifs is 5. The van der Waals surface area contributed by atoms with Crippen LogP contribution in [0.3, 0.4) is 0 Å². The molecule has 4 saturated carbocycles. The van der Waals surface area contributed by atoms with Gasteiger partial charge in [0.05, 0.1) is 30.6 Å². The van der Waals surface area contributed by atoms with Gasteiger partial charge in [-0.25, -0.2) is 0 Å². The van der Waals surface area contributed by atoms with Crippen molar-refractivity contribution in [2.24, 2.45) is 52.3 Å². The number of ether oxygens (including phenoxy) is 2. The Morgan fingerprint density at radius 1 is 1.08 bits per heavy atom. The van der Waals surface area contributed by atoms with Crippen molar-refractivity contribution in [2.75, 3.05) is 6.61 Å². The smallest absolute Gasteiger partial charge is 0.308 e. The molecule has 0 aromatic heterocycles. The van der Waals surface area contributed by atoms with Crippen LogP contribution in [-0.4, -0.2) is 47.1 Å². The van der Waals surface area contributed by atoms with Crippen LogP contribution < -0.4 is 0 Å². The molecular formula is C32H51NO6. The minimum Gasteiger partial charge on any atom is -0.465 e. The second-order valence-corrected chi connectivity index (χ2v) is 13.9. The van der Waals surface area contributed by atoms with Crippen LogP contribution in [0.5, 0.6) is 0 Å². The fraction of sp³-hybridized carbons (Fsp3) is 0.906. The third-order valence-electron chi connectivity index (χ3n) is 12.1. The standard InChI is InChI=1S/C32H51NO6/c1-6-19(2)30(37)39-22-12-13-31(4)21(16-22)17-26(34)29-24-10-9-23(32(24,5)27(35)18-25(29)31)20(3)8-11-28(36)38-15-7-14-33/h19-27,29,34-35H,6-13,15-18H2,1-5H3/t19?,20?,21?,22?,23?,24?,25?,26?,27?,29?,31-,32+/m0/s1. The topological polar surface area (TPSA) is 117 Å². The van der Waals surface area contributed by atoms with E-state index in [4.69, 9.17) is 14.7 Å². The summed E-state index contributed by atoms with van der Waals surface area (Å²) in [4.78, 5) is 24.6. The number of aliphatic hydroxyl groups is 2. The number of carbonyl (C=O) groups excluding carboxylic acids is 2. The largest absolute Gasteiger partial charge is 0.465 e. The molecule has 4 rings (SSSR count). The minimum absolute atomic E-state index is 0.0301. The Bertz CT molecular complexity index is 932. The maximum atomic E-state index is 12.5. The van der Waals surface area contributed by atoms with Gasteiger partial charge in [0.2, 0.25) is 0 Å². The molecule has 0 heterocycles. The summed E-state index contributed by atoms with van der Waals surface area (Å²) in [5.41, 5.74) is -0.249. The Balaban J connectivity index is 1.44. The van der Waals surface area contributed by atoms with E-state index in [0.717, 1.165) is 44.9 Å². The number of aliphatic hydroxyl groups excluding tert-OH is 2. The van der Waals surface area contributed by atoms with Gasteiger partial charge >= 0.3 is 11.9 Å². The number of esters is 2. The molecule has 0 saturated heterocycles. The molecule has 7 heteroatoms. The number of hydrogen-bond donors (Lipinski definition) is 2. The first-order chi connectivity index (χ1) is 18.5. The maximum Gasteiger partial charge on any atom is 0.308 e. The van der Waals surface area contributed by atoms with Gasteiger partial charge in [-0.15, -0.1) is 0 Å². The highest BCUT2D eigenvalue weighted by atomic mass is 16.5. The van der Waals surface area contributed by atoms with Crippen molar-refractivity contribution in [1.29, 1.82) is 5.26 Å². The van der Waals surface area contributed by atoms with E-state index in [1.54, 1.807) is 0 Å². The predicted octanol–water partition coefficient (Wildman–Crippen LogP) is 5.42. The number of rotatable bonds is 9. The quantitative estimate of drug-likeness (QED) is 0.294. The van der Waals surface area contributed by atoms with Crippen molar-refractivity contribution in [2.45, 2.75) is 124 Å². The molecule has 220 valence electrons. The lowest BCUT2D eigenvalue weighted by atomic mass is 9.43. The first kappa shape index (κ1) is 30.3. The lowest BCUT2D eigenvalue weighted by Crippen LogP contribution is -2.62. The average molecular weight is 546 g/mol. The van der Waals surface area contributed by atoms with E-state index in [1.807, 2.05) is 19.9 Å². The first-order valence-corrected chi connectivity index (χ1v) is 15.6. The number of carbonyl (C=O) groups is 2. The van der Waals surface area contributed by atoms with Crippen molar-refractivity contribution in [3.05, 3.63) is 0 Å². The van der Waals surface area contributed by atoms with Gasteiger partial charge < -0.3 is 19.7 Å². The van der Waals surface area contributed by atoms with Gasteiger partial charge in [0.25, 0.3) is 0 Å². The SMILES string of the molecule is CCC(C)C(=O)OC1CC[C@@]2(C)C(C1)CC(O)C1C2CC(O)[C@]2(C)C(C(C)CCC(=O)OCCC#N)CCC12. The van der Waals surface area contributed by atoms with Crippen molar-refractivity contribution < 1.29 is 29.3 Å². The van der Waals surface area contributed by atoms with Crippen molar-refractivity contribution >= 4 is 11.9 Å². The molecule has 0 aliphatic heterocycles. The van der Waals surface area contributed by atoms with Crippen molar-refractivity contribution in [3.63, 3.8) is 0 Å². The molecule has 0 aromatic rings. The van der Waals surface area contributed by atoms with Crippen LogP contribution in [0.25, 0.3) is 0 Å². The van der Waals surface area contributed by atoms with Crippen LogP contribution in [0.1, 0.15) is 105 Å². The Morgan fingerprint density at radius 2 is 1.82 bits per heavy atom. The molecule has 0 radical (unpaired) electrons. The lowest BCUT2D eigenvalue weighted by molar-refractivity contribution is -0.210. The van der Waals surface area contributed by atoms with E-state index in [0.29, 0.717) is 25.2 Å². The van der Waals surface area contributed by atoms with E-state index in [1.165, 1.54) is 0 Å². The summed E-state index contributed by atoms with van der Waals surface area (Å²) in [7, 11) is 0. The van der Waals surface area contributed by atoms with E-state index in [2.05, 4.69) is 20.8 Å². The summed E-state index contributed by atoms with van der Waals surface area (Å²) in [5, 5.41) is 32.1. The van der Waals surface area contributed by atoms with Crippen molar-refractivity contribution in [3.8, 4) is 6.07 Å². The Hall–Kier alpha value is -1.65. The summed E-state index contributed by atoms with van der Waals surface area (Å²) in [6.45, 7) is 10.9. The highest BCUT2D eigenvalue weighted by Crippen LogP contribution is 2.68. The zero-order valence-corrected chi connectivity index (χ0v) is 24.7. The fourth-order valence-corrected chi connectivity index (χ4v) is 9.50. The molecule has 0 amide bonds. The molecule has 7 nitrogen and oxygen atoms in total. The third-order valence-corrected chi connectivity index (χ3v) is 12.1. The summed E-state index contributed by atoms with van der Waals surface area (Å²) in [5.74, 6) is 1.08. The molecule has 4 aliphatic carbocycles. The van der Waals surface area contributed by atoms with E-state index < -0.39 is 12.2 Å². The normalized spacial score (nSPS) is 42.7. The lowest BCUT2D eigenvalue weighted by Gasteiger charge is -2.63. The summed E-state index contributed by atoms with van der Waals surface area (Å²) < 4.78 is 11.1. The highest BCUT2D eigenvalue weighted by Gasteiger charge is 2.65. The fourth-order valence-electron chi connectivity index (χ4n) is 9.50. The second-order valence-electron chi connectivity index (χ2n) is 13.9. The molecule has 4 aliphatic rings. The molecular weight excluding hydrogens is 494 g/mol. The minimum atomic E-state index is -0.440. The number of hydrogen-bond acceptors (Lipinski definition) is 7. The van der Waals surface area contributed by atoms with Gasteiger partial charge in [-0.2, -0.15) is 5.26 Å². The number of nitrogens with zero attached hydrogens (tertiary/aromatic N) is 1. The number of nitriles is 1. The van der Waals surface area contributed by atoms with Gasteiger partial charge in [-0.3, -0.25) is 9.59 Å². The Kier molecular flexibility index (Phi) is 9.38. The molecule has 2 N–H and O–H groups in total. The molecule has 0 bridgehead atoms. The molecule has 39 heavy (non-hydrogen) atoms. The van der Waals surface area contributed by atoms with Gasteiger partial charge in [-0.1, -0.05) is 34.6 Å².